The van der Waals surface area contributed by atoms with Crippen LogP contribution in [0.5, 0.6) is 0 Å². The summed E-state index contributed by atoms with van der Waals surface area (Å²) in [6.45, 7) is 7.29. The fourth-order valence-corrected chi connectivity index (χ4v) is 3.80. The van der Waals surface area contributed by atoms with Crippen molar-refractivity contribution in [1.82, 2.24) is 4.90 Å². The van der Waals surface area contributed by atoms with E-state index in [0.29, 0.717) is 24.3 Å². The minimum absolute atomic E-state index is 0.208. The lowest BCUT2D eigenvalue weighted by molar-refractivity contribution is -0.0478. The molecule has 0 aromatic heterocycles. The molecule has 1 aliphatic carbocycles. The number of nitrogens with zero attached hydrogens (tertiary/aromatic N) is 2. The van der Waals surface area contributed by atoms with Gasteiger partial charge in [-0.1, -0.05) is 31.8 Å². The van der Waals surface area contributed by atoms with E-state index in [-0.39, 0.29) is 5.60 Å². The minimum atomic E-state index is 0.208. The highest BCUT2D eigenvalue weighted by Gasteiger charge is 2.42. The molecule has 0 bridgehead atoms. The Bertz CT molecular complexity index is 351. The topological polar surface area (TPSA) is 71.1 Å². The van der Waals surface area contributed by atoms with Crippen molar-refractivity contribution >= 4 is 5.84 Å². The van der Waals surface area contributed by atoms with Crippen LogP contribution in [0.2, 0.25) is 0 Å². The molecule has 1 saturated carbocycles. The summed E-state index contributed by atoms with van der Waals surface area (Å²) in [6.07, 6.45) is 8.52. The van der Waals surface area contributed by atoms with Crippen molar-refractivity contribution in [2.45, 2.75) is 70.5 Å². The van der Waals surface area contributed by atoms with E-state index in [4.69, 9.17) is 15.7 Å². The van der Waals surface area contributed by atoms with Crippen molar-refractivity contribution in [3.63, 3.8) is 0 Å². The summed E-state index contributed by atoms with van der Waals surface area (Å²) in [7, 11) is 0. The average Bonchev–Trinajstić information content (AvgIpc) is 3.06. The molecule has 0 amide bonds. The highest BCUT2D eigenvalue weighted by atomic mass is 16.5. The van der Waals surface area contributed by atoms with Gasteiger partial charge in [0, 0.05) is 26.1 Å². The summed E-state index contributed by atoms with van der Waals surface area (Å²) < 4.78 is 6.40. The third kappa shape index (κ3) is 4.85. The summed E-state index contributed by atoms with van der Waals surface area (Å²) in [5.41, 5.74) is 5.80. The summed E-state index contributed by atoms with van der Waals surface area (Å²) in [6, 6.07) is 0. The van der Waals surface area contributed by atoms with Gasteiger partial charge in [0.05, 0.1) is 11.7 Å². The quantitative estimate of drug-likeness (QED) is 0.328. The van der Waals surface area contributed by atoms with Gasteiger partial charge < -0.3 is 20.6 Å². The van der Waals surface area contributed by atoms with E-state index in [2.05, 4.69) is 23.9 Å². The Balaban J connectivity index is 1.83. The number of hydrogen-bond donors (Lipinski definition) is 2. The zero-order chi connectivity index (χ0) is 15.3. The van der Waals surface area contributed by atoms with Crippen LogP contribution in [-0.4, -0.2) is 47.3 Å². The van der Waals surface area contributed by atoms with Gasteiger partial charge in [0.15, 0.2) is 0 Å². The fourth-order valence-electron chi connectivity index (χ4n) is 3.80. The van der Waals surface area contributed by atoms with E-state index in [0.717, 1.165) is 19.6 Å². The summed E-state index contributed by atoms with van der Waals surface area (Å²) >= 11 is 0. The number of ether oxygens (including phenoxy) is 1. The lowest BCUT2D eigenvalue weighted by Crippen LogP contribution is -2.38. The SMILES string of the molecule is CC(C)CN(CCC(N)=NO)CC1CCC2(CCCC2)O1. The van der Waals surface area contributed by atoms with Crippen molar-refractivity contribution in [3.05, 3.63) is 0 Å². The second-order valence-electron chi connectivity index (χ2n) is 7.16. The molecule has 0 aromatic carbocycles. The van der Waals surface area contributed by atoms with Crippen LogP contribution in [0.4, 0.5) is 0 Å². The highest BCUT2D eigenvalue weighted by molar-refractivity contribution is 5.79. The molecule has 2 rings (SSSR count). The molecule has 2 fully saturated rings. The smallest absolute Gasteiger partial charge is 0.140 e. The maximum atomic E-state index is 8.67. The molecule has 1 saturated heterocycles. The maximum Gasteiger partial charge on any atom is 0.140 e. The monoisotopic (exact) mass is 297 g/mol. The van der Waals surface area contributed by atoms with Gasteiger partial charge in [0.2, 0.25) is 0 Å². The molecule has 1 unspecified atom stereocenters. The van der Waals surface area contributed by atoms with Crippen LogP contribution < -0.4 is 5.73 Å². The van der Waals surface area contributed by atoms with Gasteiger partial charge in [-0.3, -0.25) is 0 Å². The van der Waals surface area contributed by atoms with Crippen LogP contribution in [0, 0.1) is 5.92 Å². The Morgan fingerprint density at radius 2 is 2.10 bits per heavy atom. The first-order chi connectivity index (χ1) is 10.0. The van der Waals surface area contributed by atoms with Crippen LogP contribution in [0.1, 0.15) is 58.8 Å². The van der Waals surface area contributed by atoms with Gasteiger partial charge >= 0.3 is 0 Å². The molecular formula is C16H31N3O2. The van der Waals surface area contributed by atoms with E-state index in [1.807, 2.05) is 0 Å². The molecule has 1 spiro atoms. The van der Waals surface area contributed by atoms with Gasteiger partial charge in [-0.25, -0.2) is 0 Å². The molecule has 0 aromatic rings. The molecule has 1 aliphatic heterocycles. The number of nitrogens with two attached hydrogens (primary N) is 1. The van der Waals surface area contributed by atoms with E-state index in [9.17, 15) is 0 Å². The number of oxime groups is 1. The predicted octanol–water partition coefficient (Wildman–Crippen LogP) is 2.57. The summed E-state index contributed by atoms with van der Waals surface area (Å²) in [5.74, 6) is 0.919. The van der Waals surface area contributed by atoms with Crippen molar-refractivity contribution < 1.29 is 9.94 Å². The first kappa shape index (κ1) is 16.6. The van der Waals surface area contributed by atoms with E-state index in [1.54, 1.807) is 0 Å². The molecule has 1 heterocycles. The van der Waals surface area contributed by atoms with Gasteiger partial charge in [-0.05, 0) is 31.6 Å². The molecule has 1 atom stereocenters. The van der Waals surface area contributed by atoms with Gasteiger partial charge in [-0.2, -0.15) is 0 Å². The zero-order valence-electron chi connectivity index (χ0n) is 13.6. The molecule has 3 N–H and O–H groups in total. The molecule has 122 valence electrons. The molecule has 5 heteroatoms. The van der Waals surface area contributed by atoms with E-state index < -0.39 is 0 Å². The van der Waals surface area contributed by atoms with Gasteiger partial charge in [0.1, 0.15) is 5.84 Å². The van der Waals surface area contributed by atoms with Crippen LogP contribution in [-0.2, 0) is 4.74 Å². The van der Waals surface area contributed by atoms with Crippen LogP contribution >= 0.6 is 0 Å². The van der Waals surface area contributed by atoms with Crippen LogP contribution in [0.15, 0.2) is 5.16 Å². The van der Waals surface area contributed by atoms with Crippen molar-refractivity contribution in [2.75, 3.05) is 19.6 Å². The summed E-state index contributed by atoms with van der Waals surface area (Å²) in [5, 5.41) is 11.7. The van der Waals surface area contributed by atoms with E-state index in [1.165, 1.54) is 38.5 Å². The maximum absolute atomic E-state index is 8.67. The molecular weight excluding hydrogens is 266 g/mol. The largest absolute Gasteiger partial charge is 0.409 e. The Morgan fingerprint density at radius 1 is 1.38 bits per heavy atom. The number of hydrogen-bond acceptors (Lipinski definition) is 4. The Morgan fingerprint density at radius 3 is 2.71 bits per heavy atom. The van der Waals surface area contributed by atoms with Crippen molar-refractivity contribution in [2.24, 2.45) is 16.8 Å². The predicted molar refractivity (Wildman–Crippen MR) is 84.6 cm³/mol. The lowest BCUT2D eigenvalue weighted by atomic mass is 9.98. The fraction of sp³-hybridized carbons (Fsp3) is 0.938. The minimum Gasteiger partial charge on any atom is -0.409 e. The lowest BCUT2D eigenvalue weighted by Gasteiger charge is -2.29. The molecule has 21 heavy (non-hydrogen) atoms. The third-order valence-corrected chi connectivity index (χ3v) is 4.75. The first-order valence-corrected chi connectivity index (χ1v) is 8.39. The highest BCUT2D eigenvalue weighted by Crippen LogP contribution is 2.43. The van der Waals surface area contributed by atoms with Gasteiger partial charge in [0.25, 0.3) is 0 Å². The average molecular weight is 297 g/mol. The number of amidine groups is 1. The standard InChI is InChI=1S/C16H31N3O2/c1-13(2)11-19(10-6-15(17)18-20)12-14-5-9-16(21-14)7-3-4-8-16/h13-14,20H,3-12H2,1-2H3,(H2,17,18). The summed E-state index contributed by atoms with van der Waals surface area (Å²) in [4.78, 5) is 2.40. The van der Waals surface area contributed by atoms with Crippen LogP contribution in [0.3, 0.4) is 0 Å². The third-order valence-electron chi connectivity index (χ3n) is 4.75. The molecule has 2 aliphatic rings. The number of rotatable bonds is 7. The van der Waals surface area contributed by atoms with Crippen molar-refractivity contribution in [3.8, 4) is 0 Å². The normalized spacial score (nSPS) is 25.5. The van der Waals surface area contributed by atoms with Gasteiger partial charge in [-0.15, -0.1) is 0 Å². The first-order valence-electron chi connectivity index (χ1n) is 8.39. The second kappa shape index (κ2) is 7.45. The molecule has 0 radical (unpaired) electrons. The second-order valence-corrected chi connectivity index (χ2v) is 7.16. The van der Waals surface area contributed by atoms with E-state index >= 15 is 0 Å². The van der Waals surface area contributed by atoms with Crippen molar-refractivity contribution in [1.29, 1.82) is 0 Å². The Labute approximate surface area is 128 Å². The Kier molecular flexibility index (Phi) is 5.88. The zero-order valence-corrected chi connectivity index (χ0v) is 13.6. The van der Waals surface area contributed by atoms with Crippen LogP contribution in [0.25, 0.3) is 0 Å². The molecule has 5 nitrogen and oxygen atoms in total. The Hall–Kier alpha value is -0.810.